The molecule has 1 atom stereocenters. The number of aromatic nitrogens is 1. The molecule has 152 valence electrons. The normalized spacial score (nSPS) is 20.6. The molecule has 0 saturated carbocycles. The number of rotatable bonds is 4. The van der Waals surface area contributed by atoms with Crippen molar-refractivity contribution in [3.05, 3.63) is 59.9 Å². The molecule has 1 N–H and O–H groups in total. The zero-order chi connectivity index (χ0) is 20.3. The molecular weight excluding hydrogens is 366 g/mol. The Hall–Kier alpha value is -2.73. The van der Waals surface area contributed by atoms with Crippen LogP contribution in [-0.4, -0.2) is 48.0 Å². The van der Waals surface area contributed by atoms with E-state index < -0.39 is 0 Å². The summed E-state index contributed by atoms with van der Waals surface area (Å²) in [4.78, 5) is 32.1. The van der Waals surface area contributed by atoms with Crippen molar-refractivity contribution in [1.29, 1.82) is 0 Å². The Morgan fingerprint density at radius 2 is 1.97 bits per heavy atom. The Morgan fingerprint density at radius 3 is 2.66 bits per heavy atom. The van der Waals surface area contributed by atoms with Gasteiger partial charge in [0.15, 0.2) is 0 Å². The molecule has 2 aliphatic heterocycles. The quantitative estimate of drug-likeness (QED) is 0.867. The van der Waals surface area contributed by atoms with Crippen LogP contribution in [0.2, 0.25) is 0 Å². The largest absolute Gasteiger partial charge is 0.381 e. The Kier molecular flexibility index (Phi) is 5.62. The molecule has 6 heteroatoms. The molecule has 6 nitrogen and oxygen atoms in total. The van der Waals surface area contributed by atoms with Gasteiger partial charge in [0.2, 0.25) is 11.8 Å². The van der Waals surface area contributed by atoms with Gasteiger partial charge in [0, 0.05) is 37.9 Å². The maximum Gasteiger partial charge on any atom is 0.229 e. The summed E-state index contributed by atoms with van der Waals surface area (Å²) >= 11 is 0. The van der Waals surface area contributed by atoms with Crippen molar-refractivity contribution < 1.29 is 14.3 Å². The number of carbonyl (C=O) groups is 2. The van der Waals surface area contributed by atoms with E-state index in [0.29, 0.717) is 38.4 Å². The molecule has 0 radical (unpaired) electrons. The van der Waals surface area contributed by atoms with E-state index in [-0.39, 0.29) is 23.1 Å². The van der Waals surface area contributed by atoms with Crippen molar-refractivity contribution in [1.82, 2.24) is 9.88 Å². The summed E-state index contributed by atoms with van der Waals surface area (Å²) in [6, 6.07) is 11.7. The lowest BCUT2D eigenvalue weighted by molar-refractivity contribution is -0.130. The smallest absolute Gasteiger partial charge is 0.229 e. The Balaban J connectivity index is 1.50. The minimum absolute atomic E-state index is 0.0365. The summed E-state index contributed by atoms with van der Waals surface area (Å²) in [5, 5.41) is 2.99. The number of benzene rings is 1. The third-order valence-electron chi connectivity index (χ3n) is 6.21. The molecule has 1 spiro atoms. The number of ether oxygens (including phenoxy) is 1. The number of aryl methyl sites for hydroxylation is 1. The first kappa shape index (κ1) is 19.6. The highest BCUT2D eigenvalue weighted by molar-refractivity contribution is 5.94. The van der Waals surface area contributed by atoms with Gasteiger partial charge in [-0.15, -0.1) is 0 Å². The van der Waals surface area contributed by atoms with Crippen LogP contribution in [0.15, 0.2) is 48.8 Å². The molecule has 0 bridgehead atoms. The number of carbonyl (C=O) groups excluding carboxylic acids is 2. The van der Waals surface area contributed by atoms with Crippen LogP contribution in [0.5, 0.6) is 0 Å². The van der Waals surface area contributed by atoms with E-state index in [1.807, 2.05) is 42.2 Å². The summed E-state index contributed by atoms with van der Waals surface area (Å²) < 4.78 is 5.56. The first-order valence-corrected chi connectivity index (χ1v) is 10.2. The van der Waals surface area contributed by atoms with E-state index in [0.717, 1.165) is 18.4 Å². The van der Waals surface area contributed by atoms with Crippen molar-refractivity contribution in [3.8, 4) is 0 Å². The third-order valence-corrected chi connectivity index (χ3v) is 6.21. The standard InChI is InChI=1S/C23H27N3O3/c1-17-4-6-18(7-5-17)13-21(27)26-15-20(23(16-26)8-11-29-12-9-23)22(28)25-19-3-2-10-24-14-19/h2-7,10,14,20H,8-9,11-13,15-16H2,1H3,(H,25,28). The fraction of sp³-hybridized carbons (Fsp3) is 0.435. The molecule has 3 heterocycles. The second-order valence-corrected chi connectivity index (χ2v) is 8.19. The average molecular weight is 393 g/mol. The highest BCUT2D eigenvalue weighted by atomic mass is 16.5. The number of hydrogen-bond donors (Lipinski definition) is 1. The lowest BCUT2D eigenvalue weighted by Gasteiger charge is -2.37. The summed E-state index contributed by atoms with van der Waals surface area (Å²) in [5.41, 5.74) is 2.65. The van der Waals surface area contributed by atoms with Crippen molar-refractivity contribution in [2.75, 3.05) is 31.6 Å². The van der Waals surface area contributed by atoms with E-state index in [1.165, 1.54) is 5.56 Å². The molecule has 1 aromatic heterocycles. The minimum atomic E-state index is -0.242. The van der Waals surface area contributed by atoms with Crippen LogP contribution in [-0.2, 0) is 20.7 Å². The first-order chi connectivity index (χ1) is 14.1. The predicted octanol–water partition coefficient (Wildman–Crippen LogP) is 2.83. The van der Waals surface area contributed by atoms with Gasteiger partial charge >= 0.3 is 0 Å². The van der Waals surface area contributed by atoms with Gasteiger partial charge in [-0.05, 0) is 37.5 Å². The molecule has 2 fully saturated rings. The van der Waals surface area contributed by atoms with E-state index in [9.17, 15) is 9.59 Å². The lowest BCUT2D eigenvalue weighted by Crippen LogP contribution is -2.42. The topological polar surface area (TPSA) is 71.5 Å². The van der Waals surface area contributed by atoms with Gasteiger partial charge in [0.25, 0.3) is 0 Å². The number of anilines is 1. The van der Waals surface area contributed by atoms with Crippen LogP contribution in [0.25, 0.3) is 0 Å². The van der Waals surface area contributed by atoms with Crippen LogP contribution >= 0.6 is 0 Å². The lowest BCUT2D eigenvalue weighted by atomic mass is 9.71. The summed E-state index contributed by atoms with van der Waals surface area (Å²) in [5.74, 6) is -0.199. The number of pyridine rings is 1. The van der Waals surface area contributed by atoms with E-state index in [1.54, 1.807) is 18.5 Å². The van der Waals surface area contributed by atoms with E-state index in [2.05, 4.69) is 10.3 Å². The van der Waals surface area contributed by atoms with Crippen LogP contribution in [0.1, 0.15) is 24.0 Å². The second-order valence-electron chi connectivity index (χ2n) is 8.19. The molecule has 2 amide bonds. The van der Waals surface area contributed by atoms with Gasteiger partial charge in [-0.25, -0.2) is 0 Å². The highest BCUT2D eigenvalue weighted by Crippen LogP contribution is 2.45. The van der Waals surface area contributed by atoms with Crippen molar-refractivity contribution >= 4 is 17.5 Å². The fourth-order valence-electron chi connectivity index (χ4n) is 4.46. The molecule has 2 saturated heterocycles. The van der Waals surface area contributed by atoms with E-state index >= 15 is 0 Å². The zero-order valence-electron chi connectivity index (χ0n) is 16.8. The molecule has 2 aliphatic rings. The average Bonchev–Trinajstić information content (AvgIpc) is 3.10. The number of amides is 2. The summed E-state index contributed by atoms with van der Waals surface area (Å²) in [7, 11) is 0. The van der Waals surface area contributed by atoms with Gasteiger partial charge in [-0.2, -0.15) is 0 Å². The summed E-state index contributed by atoms with van der Waals surface area (Å²) in [6.45, 7) is 4.38. The third kappa shape index (κ3) is 4.32. The van der Waals surface area contributed by atoms with Crippen LogP contribution in [0.3, 0.4) is 0 Å². The van der Waals surface area contributed by atoms with Gasteiger partial charge in [0.05, 0.1) is 24.2 Å². The highest BCUT2D eigenvalue weighted by Gasteiger charge is 2.51. The number of likely N-dealkylation sites (tertiary alicyclic amines) is 1. The molecular formula is C23H27N3O3. The fourth-order valence-corrected chi connectivity index (χ4v) is 4.46. The van der Waals surface area contributed by atoms with Crippen molar-refractivity contribution in [3.63, 3.8) is 0 Å². The molecule has 1 aromatic carbocycles. The molecule has 0 aliphatic carbocycles. The number of hydrogen-bond acceptors (Lipinski definition) is 4. The van der Waals surface area contributed by atoms with Gasteiger partial charge in [0.1, 0.15) is 0 Å². The second kappa shape index (κ2) is 8.33. The van der Waals surface area contributed by atoms with Gasteiger partial charge < -0.3 is 15.0 Å². The van der Waals surface area contributed by atoms with Crippen LogP contribution in [0.4, 0.5) is 5.69 Å². The van der Waals surface area contributed by atoms with Crippen LogP contribution < -0.4 is 5.32 Å². The molecule has 29 heavy (non-hydrogen) atoms. The van der Waals surface area contributed by atoms with Gasteiger partial charge in [-0.1, -0.05) is 29.8 Å². The maximum absolute atomic E-state index is 13.1. The van der Waals surface area contributed by atoms with Crippen molar-refractivity contribution in [2.24, 2.45) is 11.3 Å². The zero-order valence-corrected chi connectivity index (χ0v) is 16.8. The molecule has 1 unspecified atom stereocenters. The SMILES string of the molecule is Cc1ccc(CC(=O)N2CC(C(=O)Nc3cccnc3)C3(CCOCC3)C2)cc1. The predicted molar refractivity (Wildman–Crippen MR) is 110 cm³/mol. The van der Waals surface area contributed by atoms with E-state index in [4.69, 9.17) is 4.74 Å². The molecule has 2 aromatic rings. The van der Waals surface area contributed by atoms with Crippen molar-refractivity contribution in [2.45, 2.75) is 26.2 Å². The molecule has 4 rings (SSSR count). The number of nitrogens with one attached hydrogen (secondary N) is 1. The Bertz CT molecular complexity index is 861. The Morgan fingerprint density at radius 1 is 1.21 bits per heavy atom. The van der Waals surface area contributed by atoms with Gasteiger partial charge in [-0.3, -0.25) is 14.6 Å². The summed E-state index contributed by atoms with van der Waals surface area (Å²) in [6.07, 6.45) is 5.28. The Labute approximate surface area is 171 Å². The van der Waals surface area contributed by atoms with Crippen LogP contribution in [0, 0.1) is 18.3 Å². The first-order valence-electron chi connectivity index (χ1n) is 10.2. The maximum atomic E-state index is 13.1. The minimum Gasteiger partial charge on any atom is -0.381 e. The monoisotopic (exact) mass is 393 g/mol. The number of nitrogens with zero attached hydrogens (tertiary/aromatic N) is 2.